The maximum atomic E-state index is 12.7. The molecule has 0 aliphatic carbocycles. The molecule has 9 heteroatoms. The molecule has 1 N–H and O–H groups in total. The Morgan fingerprint density at radius 3 is 3.00 bits per heavy atom. The van der Waals surface area contributed by atoms with Gasteiger partial charge < -0.3 is 19.0 Å². The van der Waals surface area contributed by atoms with E-state index in [2.05, 4.69) is 15.3 Å². The molecule has 142 valence electrons. The number of hydrogen-bond donors (Lipinski definition) is 1. The van der Waals surface area contributed by atoms with Gasteiger partial charge in [-0.05, 0) is 31.0 Å². The number of rotatable bonds is 5. The highest BCUT2D eigenvalue weighted by molar-refractivity contribution is 5.91. The smallest absolute Gasteiger partial charge is 0.289 e. The minimum atomic E-state index is -0.214. The van der Waals surface area contributed by atoms with E-state index in [1.54, 1.807) is 27.9 Å². The number of furan rings is 1. The van der Waals surface area contributed by atoms with Crippen molar-refractivity contribution < 1.29 is 14.3 Å². The van der Waals surface area contributed by atoms with Crippen LogP contribution in [0.4, 0.5) is 0 Å². The van der Waals surface area contributed by atoms with Crippen molar-refractivity contribution in [3.63, 3.8) is 0 Å². The first-order valence-electron chi connectivity index (χ1n) is 9.00. The SMILES string of the molecule is Cn1c(Cn2cccn2)nnc1[C@H]1CCCN(C(=O)c2ccc(CO)o2)C1. The van der Waals surface area contributed by atoms with Crippen LogP contribution in [0.15, 0.2) is 35.0 Å². The molecule has 27 heavy (non-hydrogen) atoms. The molecule has 4 heterocycles. The second-order valence-corrected chi connectivity index (χ2v) is 6.75. The van der Waals surface area contributed by atoms with Gasteiger partial charge in [-0.3, -0.25) is 9.48 Å². The topological polar surface area (TPSA) is 102 Å². The molecule has 1 aliphatic heterocycles. The highest BCUT2D eigenvalue weighted by Crippen LogP contribution is 2.27. The Hall–Kier alpha value is -2.94. The number of likely N-dealkylation sites (tertiary alicyclic amines) is 1. The van der Waals surface area contributed by atoms with Crippen molar-refractivity contribution in [3.8, 4) is 0 Å². The summed E-state index contributed by atoms with van der Waals surface area (Å²) in [5, 5.41) is 22.0. The van der Waals surface area contributed by atoms with Crippen molar-refractivity contribution >= 4 is 5.91 Å². The highest BCUT2D eigenvalue weighted by atomic mass is 16.4. The summed E-state index contributed by atoms with van der Waals surface area (Å²) < 4.78 is 9.19. The molecule has 0 bridgehead atoms. The van der Waals surface area contributed by atoms with Crippen LogP contribution in [-0.4, -0.2) is 53.5 Å². The summed E-state index contributed by atoms with van der Waals surface area (Å²) >= 11 is 0. The lowest BCUT2D eigenvalue weighted by Crippen LogP contribution is -2.39. The molecule has 1 atom stereocenters. The third-order valence-corrected chi connectivity index (χ3v) is 4.96. The van der Waals surface area contributed by atoms with Crippen molar-refractivity contribution in [2.24, 2.45) is 7.05 Å². The van der Waals surface area contributed by atoms with Crippen LogP contribution >= 0.6 is 0 Å². The maximum absolute atomic E-state index is 12.7. The van der Waals surface area contributed by atoms with E-state index in [1.807, 2.05) is 23.9 Å². The molecule has 0 spiro atoms. The number of carbonyl (C=O) groups excluding carboxylic acids is 1. The Morgan fingerprint density at radius 1 is 1.37 bits per heavy atom. The molecule has 1 aliphatic rings. The molecule has 3 aromatic heterocycles. The summed E-state index contributed by atoms with van der Waals surface area (Å²) in [7, 11) is 1.95. The second-order valence-electron chi connectivity index (χ2n) is 6.75. The van der Waals surface area contributed by atoms with Crippen LogP contribution in [0, 0.1) is 0 Å². The lowest BCUT2D eigenvalue weighted by atomic mass is 9.97. The third kappa shape index (κ3) is 3.50. The van der Waals surface area contributed by atoms with E-state index in [0.717, 1.165) is 24.5 Å². The predicted octanol–water partition coefficient (Wildman–Crippen LogP) is 1.17. The van der Waals surface area contributed by atoms with Crippen LogP contribution in [-0.2, 0) is 20.2 Å². The van der Waals surface area contributed by atoms with E-state index >= 15 is 0 Å². The second kappa shape index (κ2) is 7.36. The number of hydrogen-bond acceptors (Lipinski definition) is 6. The van der Waals surface area contributed by atoms with E-state index in [1.165, 1.54) is 0 Å². The van der Waals surface area contributed by atoms with Crippen molar-refractivity contribution in [1.82, 2.24) is 29.4 Å². The van der Waals surface area contributed by atoms with Gasteiger partial charge in [0.05, 0.1) is 0 Å². The predicted molar refractivity (Wildman–Crippen MR) is 94.8 cm³/mol. The summed E-state index contributed by atoms with van der Waals surface area (Å²) in [5.74, 6) is 2.33. The van der Waals surface area contributed by atoms with E-state index in [0.29, 0.717) is 25.4 Å². The Balaban J connectivity index is 1.48. The largest absolute Gasteiger partial charge is 0.453 e. The Labute approximate surface area is 156 Å². The molecule has 1 saturated heterocycles. The Kier molecular flexibility index (Phi) is 4.76. The van der Waals surface area contributed by atoms with Gasteiger partial charge in [-0.25, -0.2) is 0 Å². The molecular formula is C18H22N6O3. The van der Waals surface area contributed by atoms with Crippen LogP contribution in [0.5, 0.6) is 0 Å². The first-order chi connectivity index (χ1) is 13.2. The molecule has 0 radical (unpaired) electrons. The van der Waals surface area contributed by atoms with Gasteiger partial charge >= 0.3 is 0 Å². The van der Waals surface area contributed by atoms with Gasteiger partial charge in [-0.2, -0.15) is 5.10 Å². The Bertz CT molecular complexity index is 914. The van der Waals surface area contributed by atoms with E-state index in [9.17, 15) is 4.79 Å². The average molecular weight is 370 g/mol. The number of nitrogens with zero attached hydrogens (tertiary/aromatic N) is 6. The first-order valence-corrected chi connectivity index (χ1v) is 9.00. The number of carbonyl (C=O) groups is 1. The van der Waals surface area contributed by atoms with Gasteiger partial charge in [0.2, 0.25) is 0 Å². The third-order valence-electron chi connectivity index (χ3n) is 4.96. The zero-order chi connectivity index (χ0) is 18.8. The van der Waals surface area contributed by atoms with Gasteiger partial charge in [0.1, 0.15) is 24.7 Å². The number of aromatic nitrogens is 5. The van der Waals surface area contributed by atoms with Crippen LogP contribution in [0.2, 0.25) is 0 Å². The minimum absolute atomic E-state index is 0.124. The lowest BCUT2D eigenvalue weighted by Gasteiger charge is -2.31. The van der Waals surface area contributed by atoms with Crippen LogP contribution in [0.1, 0.15) is 46.7 Å². The Morgan fingerprint density at radius 2 is 2.26 bits per heavy atom. The average Bonchev–Trinajstić information content (AvgIpc) is 3.44. The van der Waals surface area contributed by atoms with Crippen LogP contribution in [0.25, 0.3) is 0 Å². The van der Waals surface area contributed by atoms with Crippen LogP contribution in [0.3, 0.4) is 0 Å². The summed E-state index contributed by atoms with van der Waals surface area (Å²) in [6, 6.07) is 5.11. The molecule has 9 nitrogen and oxygen atoms in total. The number of piperidine rings is 1. The number of aliphatic hydroxyl groups is 1. The lowest BCUT2D eigenvalue weighted by molar-refractivity contribution is 0.0666. The van der Waals surface area contributed by atoms with E-state index < -0.39 is 0 Å². The normalized spacial score (nSPS) is 17.4. The van der Waals surface area contributed by atoms with Gasteiger partial charge in [0.25, 0.3) is 5.91 Å². The summed E-state index contributed by atoms with van der Waals surface area (Å²) in [5.41, 5.74) is 0. The van der Waals surface area contributed by atoms with Gasteiger partial charge in [-0.15, -0.1) is 10.2 Å². The van der Waals surface area contributed by atoms with Crippen LogP contribution < -0.4 is 0 Å². The number of amides is 1. The fraction of sp³-hybridized carbons (Fsp3) is 0.444. The molecule has 4 rings (SSSR count). The quantitative estimate of drug-likeness (QED) is 0.723. The standard InChI is InChI=1S/C18H22N6O3/c1-22-16(11-24-9-3-7-19-24)20-21-17(22)13-4-2-8-23(10-13)18(26)15-6-5-14(12-25)27-15/h3,5-7,9,13,25H,2,4,8,10-12H2,1H3/t13-/m0/s1. The summed E-state index contributed by atoms with van der Waals surface area (Å²) in [4.78, 5) is 14.5. The monoisotopic (exact) mass is 370 g/mol. The molecule has 1 fully saturated rings. The van der Waals surface area contributed by atoms with Crippen molar-refractivity contribution in [3.05, 3.63) is 53.8 Å². The molecule has 0 aromatic carbocycles. The van der Waals surface area contributed by atoms with Crippen molar-refractivity contribution in [2.45, 2.75) is 31.9 Å². The zero-order valence-corrected chi connectivity index (χ0v) is 15.2. The van der Waals surface area contributed by atoms with Gasteiger partial charge in [-0.1, -0.05) is 0 Å². The molecule has 3 aromatic rings. The molecule has 0 saturated carbocycles. The van der Waals surface area contributed by atoms with E-state index in [-0.39, 0.29) is 24.2 Å². The summed E-state index contributed by atoms with van der Waals surface area (Å²) in [6.45, 7) is 1.60. The molecule has 1 amide bonds. The fourth-order valence-electron chi connectivity index (χ4n) is 3.51. The number of aliphatic hydroxyl groups excluding tert-OH is 1. The van der Waals surface area contributed by atoms with Crippen molar-refractivity contribution in [1.29, 1.82) is 0 Å². The first kappa shape index (κ1) is 17.5. The van der Waals surface area contributed by atoms with Gasteiger partial charge in [0, 0.05) is 38.4 Å². The highest BCUT2D eigenvalue weighted by Gasteiger charge is 2.30. The fourth-order valence-corrected chi connectivity index (χ4v) is 3.51. The minimum Gasteiger partial charge on any atom is -0.453 e. The maximum Gasteiger partial charge on any atom is 0.289 e. The zero-order valence-electron chi connectivity index (χ0n) is 15.2. The van der Waals surface area contributed by atoms with Crippen molar-refractivity contribution in [2.75, 3.05) is 13.1 Å². The summed E-state index contributed by atoms with van der Waals surface area (Å²) in [6.07, 6.45) is 5.47. The molecule has 0 unspecified atom stereocenters. The van der Waals surface area contributed by atoms with Gasteiger partial charge in [0.15, 0.2) is 11.6 Å². The molecular weight excluding hydrogens is 348 g/mol. The van der Waals surface area contributed by atoms with E-state index in [4.69, 9.17) is 9.52 Å².